The molecule has 4 radical (unpaired) electrons. The van der Waals surface area contributed by atoms with E-state index < -0.39 is 9.28 Å². The van der Waals surface area contributed by atoms with Crippen molar-refractivity contribution in [2.75, 3.05) is 13.2 Å². The van der Waals surface area contributed by atoms with Gasteiger partial charge in [0.05, 0.1) is 0 Å². The van der Waals surface area contributed by atoms with Crippen LogP contribution in [0.4, 0.5) is 0 Å². The van der Waals surface area contributed by atoms with Gasteiger partial charge in [-0.15, -0.1) is 0 Å². The molecule has 0 heterocycles. The molecule has 2 nitrogen and oxygen atoms in total. The summed E-state index contributed by atoms with van der Waals surface area (Å²) >= 11 is 0. The van der Waals surface area contributed by atoms with Gasteiger partial charge >= 0.3 is 9.28 Å². The third kappa shape index (κ3) is 8.35. The van der Waals surface area contributed by atoms with E-state index in [9.17, 15) is 0 Å². The van der Waals surface area contributed by atoms with Gasteiger partial charge in [-0.1, -0.05) is 0 Å². The molecule has 0 aromatic heterocycles. The smallest absolute Gasteiger partial charge is 0.318 e. The second-order valence-electron chi connectivity index (χ2n) is 1.48. The van der Waals surface area contributed by atoms with E-state index in [0.717, 1.165) is 13.2 Å². The highest BCUT2D eigenvalue weighted by molar-refractivity contribution is 6.42. The van der Waals surface area contributed by atoms with Crippen molar-refractivity contribution >= 4 is 20.2 Å². The molecule has 0 saturated heterocycles. The Morgan fingerprint density at radius 3 is 1.67 bits per heavy atom. The van der Waals surface area contributed by atoms with E-state index >= 15 is 0 Å². The second kappa shape index (κ2) is 8.35. The summed E-state index contributed by atoms with van der Waals surface area (Å²) in [6, 6.07) is 0. The van der Waals surface area contributed by atoms with Gasteiger partial charge in [0.15, 0.2) is 0 Å². The van der Waals surface area contributed by atoms with Crippen LogP contribution in [0.25, 0.3) is 0 Å². The van der Waals surface area contributed by atoms with E-state index in [1.54, 1.807) is 0 Å². The monoisotopic (exact) mass is 162 g/mol. The summed E-state index contributed by atoms with van der Waals surface area (Å²) in [5.41, 5.74) is 0. The van der Waals surface area contributed by atoms with Crippen molar-refractivity contribution in [1.82, 2.24) is 0 Å². The minimum Gasteiger partial charge on any atom is -0.397 e. The molecule has 0 atom stereocenters. The summed E-state index contributed by atoms with van der Waals surface area (Å²) in [6.07, 6.45) is 0. The summed E-state index contributed by atoms with van der Waals surface area (Å²) in [4.78, 5) is 0. The molecule has 0 fully saturated rings. The van der Waals surface area contributed by atoms with Gasteiger partial charge < -0.3 is 8.85 Å². The summed E-state index contributed by atoms with van der Waals surface area (Å²) in [5.74, 6) is 0. The number of hydrogen-bond acceptors (Lipinski definition) is 2. The minimum atomic E-state index is -1.20. The Labute approximate surface area is 63.4 Å². The standard InChI is InChI=1S/C5H14O2Si.Si/c1-4-6-8(3)7-5-2;/h8H,4-5H2,1-3H3;. The third-order valence-electron chi connectivity index (χ3n) is 0.803. The van der Waals surface area contributed by atoms with Gasteiger partial charge in [0.2, 0.25) is 0 Å². The molecule has 4 heteroatoms. The SMILES string of the molecule is CCO[SiH](C)OCC.[Si]. The zero-order chi connectivity index (χ0) is 6.41. The Balaban J connectivity index is 0. The lowest BCUT2D eigenvalue weighted by atomic mass is 10.9. The summed E-state index contributed by atoms with van der Waals surface area (Å²) in [7, 11) is -1.20. The average molecular weight is 162 g/mol. The fourth-order valence-corrected chi connectivity index (χ4v) is 1.55. The summed E-state index contributed by atoms with van der Waals surface area (Å²) in [5, 5.41) is 0. The zero-order valence-electron chi connectivity index (χ0n) is 6.31. The Morgan fingerprint density at radius 1 is 1.11 bits per heavy atom. The minimum absolute atomic E-state index is 0. The van der Waals surface area contributed by atoms with E-state index in [1.807, 2.05) is 20.4 Å². The molecule has 54 valence electrons. The molecule has 0 aromatic rings. The molecule has 0 N–H and O–H groups in total. The van der Waals surface area contributed by atoms with Crippen LogP contribution in [-0.2, 0) is 8.85 Å². The van der Waals surface area contributed by atoms with Gasteiger partial charge in [-0.05, 0) is 20.4 Å². The van der Waals surface area contributed by atoms with Crippen molar-refractivity contribution in [3.63, 3.8) is 0 Å². The molecule has 0 aliphatic rings. The van der Waals surface area contributed by atoms with Crippen LogP contribution in [0.5, 0.6) is 0 Å². The second-order valence-corrected chi connectivity index (χ2v) is 3.28. The van der Waals surface area contributed by atoms with Crippen LogP contribution in [-0.4, -0.2) is 33.5 Å². The summed E-state index contributed by atoms with van der Waals surface area (Å²) < 4.78 is 10.4. The first-order valence-electron chi connectivity index (χ1n) is 3.04. The number of hydrogen-bond donors (Lipinski definition) is 0. The zero-order valence-corrected chi connectivity index (χ0v) is 8.46. The van der Waals surface area contributed by atoms with E-state index in [-0.39, 0.29) is 11.0 Å². The predicted molar refractivity (Wildman–Crippen MR) is 42.0 cm³/mol. The van der Waals surface area contributed by atoms with Crippen LogP contribution in [0.2, 0.25) is 6.55 Å². The summed E-state index contributed by atoms with van der Waals surface area (Å²) in [6.45, 7) is 7.58. The van der Waals surface area contributed by atoms with Gasteiger partial charge in [-0.25, -0.2) is 0 Å². The maximum absolute atomic E-state index is 5.20. The number of rotatable bonds is 4. The normalized spacial score (nSPS) is 9.33. The largest absolute Gasteiger partial charge is 0.397 e. The Bertz CT molecular complexity index is 46.2. The fraction of sp³-hybridized carbons (Fsp3) is 1.00. The van der Waals surface area contributed by atoms with Crippen molar-refractivity contribution in [1.29, 1.82) is 0 Å². The molecule has 0 amide bonds. The van der Waals surface area contributed by atoms with Crippen LogP contribution < -0.4 is 0 Å². The van der Waals surface area contributed by atoms with Gasteiger partial charge in [0.25, 0.3) is 0 Å². The molecular formula is C5H14O2Si2. The quantitative estimate of drug-likeness (QED) is 0.561. The highest BCUT2D eigenvalue weighted by Gasteiger charge is 1.99. The predicted octanol–water partition coefficient (Wildman–Crippen LogP) is 0.529. The molecule has 0 aliphatic heterocycles. The molecule has 0 aliphatic carbocycles. The first-order chi connectivity index (χ1) is 3.81. The molecule has 9 heavy (non-hydrogen) atoms. The van der Waals surface area contributed by atoms with E-state index in [1.165, 1.54) is 0 Å². The maximum atomic E-state index is 5.20. The molecular weight excluding hydrogens is 148 g/mol. The van der Waals surface area contributed by atoms with Gasteiger partial charge in [0, 0.05) is 24.2 Å². The van der Waals surface area contributed by atoms with E-state index in [0.29, 0.717) is 0 Å². The van der Waals surface area contributed by atoms with Crippen LogP contribution in [0.3, 0.4) is 0 Å². The van der Waals surface area contributed by atoms with Crippen molar-refractivity contribution in [3.05, 3.63) is 0 Å². The first kappa shape index (κ1) is 12.1. The first-order valence-corrected chi connectivity index (χ1v) is 5.14. The van der Waals surface area contributed by atoms with Crippen molar-refractivity contribution in [2.24, 2.45) is 0 Å². The van der Waals surface area contributed by atoms with E-state index in [4.69, 9.17) is 8.85 Å². The van der Waals surface area contributed by atoms with Crippen molar-refractivity contribution in [3.8, 4) is 0 Å². The van der Waals surface area contributed by atoms with Crippen molar-refractivity contribution in [2.45, 2.75) is 20.4 Å². The van der Waals surface area contributed by atoms with Crippen LogP contribution in [0.1, 0.15) is 13.8 Å². The van der Waals surface area contributed by atoms with Crippen LogP contribution in [0, 0.1) is 0 Å². The van der Waals surface area contributed by atoms with Gasteiger partial charge in [-0.2, -0.15) is 0 Å². The van der Waals surface area contributed by atoms with Crippen LogP contribution in [0.15, 0.2) is 0 Å². The lowest BCUT2D eigenvalue weighted by molar-refractivity contribution is 0.219. The van der Waals surface area contributed by atoms with Gasteiger partial charge in [0.1, 0.15) is 0 Å². The maximum Gasteiger partial charge on any atom is 0.318 e. The molecule has 0 rings (SSSR count). The highest BCUT2D eigenvalue weighted by Crippen LogP contribution is 1.85. The lowest BCUT2D eigenvalue weighted by Gasteiger charge is -2.07. The molecule has 0 aromatic carbocycles. The van der Waals surface area contributed by atoms with Crippen LogP contribution >= 0.6 is 0 Å². The lowest BCUT2D eigenvalue weighted by Crippen LogP contribution is -2.17. The Morgan fingerprint density at radius 2 is 1.44 bits per heavy atom. The molecule has 0 spiro atoms. The molecule has 0 bridgehead atoms. The van der Waals surface area contributed by atoms with Gasteiger partial charge in [-0.3, -0.25) is 0 Å². The third-order valence-corrected chi connectivity index (χ3v) is 2.41. The van der Waals surface area contributed by atoms with Crippen molar-refractivity contribution < 1.29 is 8.85 Å². The topological polar surface area (TPSA) is 18.5 Å². The molecule has 0 saturated carbocycles. The Kier molecular flexibility index (Phi) is 11.2. The van der Waals surface area contributed by atoms with E-state index in [2.05, 4.69) is 0 Å². The highest BCUT2D eigenvalue weighted by atomic mass is 28.3. The fourth-order valence-electron chi connectivity index (χ4n) is 0.518. The molecule has 0 unspecified atom stereocenters. The average Bonchev–Trinajstić information content (AvgIpc) is 1.68. The Hall–Kier alpha value is 0.354.